The van der Waals surface area contributed by atoms with Gasteiger partial charge in [-0.25, -0.2) is 21.1 Å². The first-order chi connectivity index (χ1) is 17.5. The van der Waals surface area contributed by atoms with Gasteiger partial charge >= 0.3 is 0 Å². The molecule has 0 atom stereocenters. The number of nitrogens with one attached hydrogen (secondary N) is 2. The highest BCUT2D eigenvalue weighted by Crippen LogP contribution is 2.25. The summed E-state index contributed by atoms with van der Waals surface area (Å²) < 4.78 is 55.6. The Labute approximate surface area is 230 Å². The molecule has 1 amide bonds. The minimum Gasteiger partial charge on any atom is -0.326 e. The zero-order chi connectivity index (χ0) is 26.6. The van der Waals surface area contributed by atoms with Crippen LogP contribution in [0.25, 0.3) is 0 Å². The average Bonchev–Trinajstić information content (AvgIpc) is 2.85. The van der Waals surface area contributed by atoms with Crippen LogP contribution in [-0.2, 0) is 30.6 Å². The molecule has 0 aliphatic carbocycles. The highest BCUT2D eigenvalue weighted by molar-refractivity contribution is 9.10. The van der Waals surface area contributed by atoms with Crippen LogP contribution in [0.1, 0.15) is 18.4 Å². The number of hydrogen-bond donors (Lipinski definition) is 2. The first-order valence-electron chi connectivity index (χ1n) is 11.4. The molecule has 0 bridgehead atoms. The molecule has 0 spiro atoms. The van der Waals surface area contributed by atoms with Gasteiger partial charge in [-0.1, -0.05) is 39.7 Å². The third-order valence-corrected chi connectivity index (χ3v) is 9.98. The zero-order valence-corrected chi connectivity index (χ0v) is 23.6. The molecule has 4 rings (SSSR count). The lowest BCUT2D eigenvalue weighted by atomic mass is 9.97. The van der Waals surface area contributed by atoms with E-state index in [4.69, 9.17) is 11.6 Å². The monoisotopic (exact) mass is 625 g/mol. The number of hydrogen-bond acceptors (Lipinski definition) is 5. The fraction of sp³-hybridized carbons (Fsp3) is 0.240. The molecule has 0 unspecified atom stereocenters. The minimum atomic E-state index is -3.81. The number of anilines is 2. The number of carbonyl (C=O) groups excluding carboxylic acids is 1. The smallest absolute Gasteiger partial charge is 0.261 e. The van der Waals surface area contributed by atoms with E-state index in [9.17, 15) is 21.6 Å². The number of amides is 1. The van der Waals surface area contributed by atoms with Crippen LogP contribution in [0, 0.1) is 5.92 Å². The molecule has 3 aromatic carbocycles. The van der Waals surface area contributed by atoms with E-state index in [-0.39, 0.29) is 35.6 Å². The largest absolute Gasteiger partial charge is 0.326 e. The summed E-state index contributed by atoms with van der Waals surface area (Å²) >= 11 is 9.19. The van der Waals surface area contributed by atoms with E-state index in [1.807, 2.05) is 6.07 Å². The Morgan fingerprint density at radius 3 is 2.16 bits per heavy atom. The molecule has 8 nitrogen and oxygen atoms in total. The van der Waals surface area contributed by atoms with Crippen molar-refractivity contribution in [1.82, 2.24) is 4.31 Å². The Bertz CT molecular complexity index is 1470. The van der Waals surface area contributed by atoms with Crippen molar-refractivity contribution in [2.75, 3.05) is 23.1 Å². The van der Waals surface area contributed by atoms with Crippen molar-refractivity contribution in [2.24, 2.45) is 5.92 Å². The SMILES string of the molecule is O=C(Nc1ccc(S(=O)(=O)Nc2ccc(Cl)cc2)cc1)C1CCN(S(=O)(=O)Cc2cccc(Br)c2)CC1. The van der Waals surface area contributed by atoms with E-state index < -0.39 is 20.0 Å². The summed E-state index contributed by atoms with van der Waals surface area (Å²) in [6.45, 7) is 0.532. The first kappa shape index (κ1) is 27.6. The standard InChI is InChI=1S/C25H25BrClN3O5S2/c26-20-3-1-2-18(16-20)17-36(32,33)30-14-12-19(13-15-30)25(31)28-22-8-10-24(11-9-22)37(34,35)29-23-6-4-21(27)5-7-23/h1-11,16,19,29H,12-15,17H2,(H,28,31). The van der Waals surface area contributed by atoms with Crippen molar-refractivity contribution in [3.8, 4) is 0 Å². The van der Waals surface area contributed by atoms with Gasteiger partial charge in [-0.15, -0.1) is 0 Å². The van der Waals surface area contributed by atoms with Gasteiger partial charge in [-0.2, -0.15) is 0 Å². The molecule has 37 heavy (non-hydrogen) atoms. The molecule has 12 heteroatoms. The molecule has 1 heterocycles. The molecule has 1 aliphatic heterocycles. The summed E-state index contributed by atoms with van der Waals surface area (Å²) in [4.78, 5) is 12.8. The van der Waals surface area contributed by atoms with Gasteiger partial charge in [-0.3, -0.25) is 9.52 Å². The quantitative estimate of drug-likeness (QED) is 0.362. The van der Waals surface area contributed by atoms with E-state index in [0.717, 1.165) is 4.47 Å². The van der Waals surface area contributed by atoms with Gasteiger partial charge in [0.25, 0.3) is 10.0 Å². The van der Waals surface area contributed by atoms with Gasteiger partial charge < -0.3 is 5.32 Å². The van der Waals surface area contributed by atoms with Crippen molar-refractivity contribution >= 4 is 64.9 Å². The molecule has 0 aromatic heterocycles. The van der Waals surface area contributed by atoms with Crippen LogP contribution in [-0.4, -0.2) is 40.1 Å². The lowest BCUT2D eigenvalue weighted by Gasteiger charge is -2.30. The molecule has 1 aliphatic rings. The zero-order valence-electron chi connectivity index (χ0n) is 19.6. The summed E-state index contributed by atoms with van der Waals surface area (Å²) in [6, 6.07) is 19.3. The summed E-state index contributed by atoms with van der Waals surface area (Å²) in [6.07, 6.45) is 0.808. The minimum absolute atomic E-state index is 0.0457. The second-order valence-electron chi connectivity index (χ2n) is 8.69. The van der Waals surface area contributed by atoms with Gasteiger partial charge in [0.15, 0.2) is 0 Å². The second-order valence-corrected chi connectivity index (χ2v) is 13.7. The fourth-order valence-corrected chi connectivity index (χ4v) is 7.20. The number of piperidine rings is 1. The van der Waals surface area contributed by atoms with Crippen molar-refractivity contribution in [3.63, 3.8) is 0 Å². The first-order valence-corrected chi connectivity index (χ1v) is 15.7. The normalized spacial score (nSPS) is 15.3. The van der Waals surface area contributed by atoms with Crippen molar-refractivity contribution in [3.05, 3.63) is 87.9 Å². The Morgan fingerprint density at radius 1 is 0.919 bits per heavy atom. The number of nitrogens with zero attached hydrogens (tertiary/aromatic N) is 1. The molecule has 0 radical (unpaired) electrons. The highest BCUT2D eigenvalue weighted by atomic mass is 79.9. The van der Waals surface area contributed by atoms with Crippen LogP contribution in [0.5, 0.6) is 0 Å². The van der Waals surface area contributed by atoms with E-state index in [2.05, 4.69) is 26.0 Å². The van der Waals surface area contributed by atoms with Gasteiger partial charge in [-0.05, 0) is 79.1 Å². The van der Waals surface area contributed by atoms with Crippen LogP contribution in [0.3, 0.4) is 0 Å². The third-order valence-electron chi connectivity index (χ3n) is 5.98. The predicted molar refractivity (Wildman–Crippen MR) is 148 cm³/mol. The van der Waals surface area contributed by atoms with Crippen LogP contribution >= 0.6 is 27.5 Å². The van der Waals surface area contributed by atoms with Crippen molar-refractivity contribution in [2.45, 2.75) is 23.5 Å². The van der Waals surface area contributed by atoms with Crippen LogP contribution < -0.4 is 10.0 Å². The summed E-state index contributed by atoms with van der Waals surface area (Å²) in [5, 5.41) is 3.30. The number of sulfonamides is 2. The molecule has 3 aromatic rings. The van der Waals surface area contributed by atoms with Crippen LogP contribution in [0.2, 0.25) is 5.02 Å². The lowest BCUT2D eigenvalue weighted by molar-refractivity contribution is -0.120. The molecular weight excluding hydrogens is 602 g/mol. The Morgan fingerprint density at radius 2 is 1.54 bits per heavy atom. The highest BCUT2D eigenvalue weighted by Gasteiger charge is 2.31. The lowest BCUT2D eigenvalue weighted by Crippen LogP contribution is -2.41. The predicted octanol–water partition coefficient (Wildman–Crippen LogP) is 5.08. The maximum Gasteiger partial charge on any atom is 0.261 e. The fourth-order valence-electron chi connectivity index (χ4n) is 4.02. The molecule has 0 saturated carbocycles. The molecule has 196 valence electrons. The van der Waals surface area contributed by atoms with Crippen LogP contribution in [0.4, 0.5) is 11.4 Å². The summed E-state index contributed by atoms with van der Waals surface area (Å²) in [5.41, 5.74) is 1.54. The maximum absolute atomic E-state index is 12.8. The van der Waals surface area contributed by atoms with Crippen molar-refractivity contribution < 1.29 is 21.6 Å². The number of benzene rings is 3. The Balaban J connectivity index is 1.31. The van der Waals surface area contributed by atoms with Gasteiger partial charge in [0.1, 0.15) is 0 Å². The summed E-state index contributed by atoms with van der Waals surface area (Å²) in [7, 11) is -7.30. The van der Waals surface area contributed by atoms with E-state index in [0.29, 0.717) is 34.8 Å². The topological polar surface area (TPSA) is 113 Å². The Hall–Kier alpha value is -2.44. The van der Waals surface area contributed by atoms with Crippen LogP contribution in [0.15, 0.2) is 82.2 Å². The molecule has 1 saturated heterocycles. The third kappa shape index (κ3) is 7.32. The number of rotatable bonds is 8. The maximum atomic E-state index is 12.8. The molecular formula is C25H25BrClN3O5S2. The summed E-state index contributed by atoms with van der Waals surface area (Å²) in [5.74, 6) is -0.656. The van der Waals surface area contributed by atoms with Gasteiger partial charge in [0.2, 0.25) is 15.9 Å². The molecule has 1 fully saturated rings. The van der Waals surface area contributed by atoms with Crippen molar-refractivity contribution in [1.29, 1.82) is 0 Å². The van der Waals surface area contributed by atoms with E-state index in [1.54, 1.807) is 42.5 Å². The molecule has 2 N–H and O–H groups in total. The Kier molecular flexibility index (Phi) is 8.59. The van der Waals surface area contributed by atoms with Gasteiger partial charge in [0.05, 0.1) is 10.6 Å². The number of halogens is 2. The number of carbonyl (C=O) groups is 1. The van der Waals surface area contributed by atoms with E-state index in [1.165, 1.54) is 28.6 Å². The van der Waals surface area contributed by atoms with Gasteiger partial charge in [0, 0.05) is 39.9 Å². The van der Waals surface area contributed by atoms with E-state index >= 15 is 0 Å². The second kappa shape index (κ2) is 11.5. The average molecular weight is 627 g/mol.